The molecule has 0 aliphatic heterocycles. The summed E-state index contributed by atoms with van der Waals surface area (Å²) in [6.45, 7) is 0. The van der Waals surface area contributed by atoms with Crippen LogP contribution >= 0.6 is 11.3 Å². The maximum absolute atomic E-state index is 6.31. The first-order valence-electron chi connectivity index (χ1n) is 19.4. The van der Waals surface area contributed by atoms with Crippen LogP contribution in [0.2, 0.25) is 0 Å². The largest absolute Gasteiger partial charge is 0.456 e. The zero-order valence-corrected chi connectivity index (χ0v) is 31.9. The van der Waals surface area contributed by atoms with Gasteiger partial charge >= 0.3 is 0 Å². The maximum atomic E-state index is 6.31. The third-order valence-corrected chi connectivity index (χ3v) is 12.5. The molecule has 0 saturated heterocycles. The van der Waals surface area contributed by atoms with Crippen LogP contribution in [0.15, 0.2) is 192 Å². The Morgan fingerprint density at radius 1 is 0.310 bits per heavy atom. The van der Waals surface area contributed by atoms with Gasteiger partial charge in [0.25, 0.3) is 0 Å². The van der Waals surface area contributed by atoms with Crippen molar-refractivity contribution >= 4 is 75.0 Å². The van der Waals surface area contributed by atoms with Crippen molar-refractivity contribution in [2.24, 2.45) is 0 Å². The molecule has 0 atom stereocenters. The first-order valence-corrected chi connectivity index (χ1v) is 20.2. The maximum Gasteiger partial charge on any atom is 0.164 e. The first kappa shape index (κ1) is 32.7. The van der Waals surface area contributed by atoms with Crippen LogP contribution in [-0.4, -0.2) is 15.0 Å². The highest BCUT2D eigenvalue weighted by atomic mass is 32.1. The molecule has 0 saturated carbocycles. The van der Waals surface area contributed by atoms with E-state index in [1.807, 2.05) is 17.4 Å². The fraction of sp³-hybridized carbons (Fsp3) is 0. The SMILES string of the molecule is c1ccc(-c2ccc(-c3nc(-c4ccc5sc6ccccc6c5c4)nc(-c4cccc5cc(-c6ccc7oc8cc9ccccc9cc8c7c6)ccc45)n3)cc2)cc1. The van der Waals surface area contributed by atoms with Crippen molar-refractivity contribution in [1.82, 2.24) is 15.0 Å². The summed E-state index contributed by atoms with van der Waals surface area (Å²) in [6.07, 6.45) is 0. The predicted octanol–water partition coefficient (Wildman–Crippen LogP) is 14.8. The summed E-state index contributed by atoms with van der Waals surface area (Å²) in [5.41, 5.74) is 9.23. The third-order valence-electron chi connectivity index (χ3n) is 11.3. The average molecular weight is 758 g/mol. The van der Waals surface area contributed by atoms with Crippen molar-refractivity contribution in [2.75, 3.05) is 0 Å². The number of rotatable bonds is 5. The highest BCUT2D eigenvalue weighted by Gasteiger charge is 2.17. The van der Waals surface area contributed by atoms with Gasteiger partial charge in [-0.3, -0.25) is 0 Å². The lowest BCUT2D eigenvalue weighted by atomic mass is 9.97. The number of hydrogen-bond donors (Lipinski definition) is 0. The summed E-state index contributed by atoms with van der Waals surface area (Å²) in [4.78, 5) is 15.5. The van der Waals surface area contributed by atoms with E-state index >= 15 is 0 Å². The minimum absolute atomic E-state index is 0.636. The molecule has 0 unspecified atom stereocenters. The van der Waals surface area contributed by atoms with Gasteiger partial charge in [0.2, 0.25) is 0 Å². The van der Waals surface area contributed by atoms with Crippen molar-refractivity contribution in [3.8, 4) is 56.4 Å². The van der Waals surface area contributed by atoms with Gasteiger partial charge in [-0.2, -0.15) is 0 Å². The van der Waals surface area contributed by atoms with Gasteiger partial charge in [-0.05, 0) is 98.4 Å². The molecule has 0 fully saturated rings. The quantitative estimate of drug-likeness (QED) is 0.175. The number of benzene rings is 9. The Bertz CT molecular complexity index is 3570. The van der Waals surface area contributed by atoms with Crippen molar-refractivity contribution < 1.29 is 4.42 Å². The monoisotopic (exact) mass is 757 g/mol. The minimum Gasteiger partial charge on any atom is -0.456 e. The highest BCUT2D eigenvalue weighted by Crippen LogP contribution is 2.39. The van der Waals surface area contributed by atoms with E-state index in [9.17, 15) is 0 Å². The molecule has 0 bridgehead atoms. The van der Waals surface area contributed by atoms with Crippen LogP contribution in [-0.2, 0) is 0 Å². The molecule has 3 heterocycles. The molecule has 58 heavy (non-hydrogen) atoms. The molecule has 9 aromatic carbocycles. The molecular weight excluding hydrogens is 727 g/mol. The summed E-state index contributed by atoms with van der Waals surface area (Å²) in [6, 6.07) is 66.4. The summed E-state index contributed by atoms with van der Waals surface area (Å²) >= 11 is 1.81. The van der Waals surface area contributed by atoms with Crippen LogP contribution in [0.5, 0.6) is 0 Å². The molecule has 0 N–H and O–H groups in total. The van der Waals surface area contributed by atoms with E-state index in [1.165, 1.54) is 36.5 Å². The number of nitrogens with zero attached hydrogens (tertiary/aromatic N) is 3. The van der Waals surface area contributed by atoms with Crippen molar-refractivity contribution in [1.29, 1.82) is 0 Å². The predicted molar refractivity (Wildman–Crippen MR) is 242 cm³/mol. The van der Waals surface area contributed by atoms with E-state index in [0.29, 0.717) is 17.5 Å². The van der Waals surface area contributed by atoms with Gasteiger partial charge in [-0.15, -0.1) is 11.3 Å². The summed E-state index contributed by atoms with van der Waals surface area (Å²) in [5, 5.41) is 9.26. The molecule has 12 rings (SSSR count). The number of thiophene rings is 1. The van der Waals surface area contributed by atoms with Crippen LogP contribution < -0.4 is 0 Å². The zero-order valence-electron chi connectivity index (χ0n) is 31.1. The second-order valence-corrected chi connectivity index (χ2v) is 15.9. The van der Waals surface area contributed by atoms with Crippen LogP contribution in [0.25, 0.3) is 120 Å². The second kappa shape index (κ2) is 13.1. The lowest BCUT2D eigenvalue weighted by Gasteiger charge is -2.12. The van der Waals surface area contributed by atoms with Gasteiger partial charge in [-0.1, -0.05) is 133 Å². The number of hydrogen-bond acceptors (Lipinski definition) is 5. The van der Waals surface area contributed by atoms with Crippen LogP contribution in [0, 0.1) is 0 Å². The molecule has 0 aliphatic carbocycles. The van der Waals surface area contributed by atoms with Gasteiger partial charge in [0.15, 0.2) is 17.5 Å². The van der Waals surface area contributed by atoms with Gasteiger partial charge < -0.3 is 4.42 Å². The lowest BCUT2D eigenvalue weighted by molar-refractivity contribution is 0.669. The van der Waals surface area contributed by atoms with E-state index in [4.69, 9.17) is 19.4 Å². The van der Waals surface area contributed by atoms with E-state index in [0.717, 1.165) is 66.1 Å². The van der Waals surface area contributed by atoms with Crippen molar-refractivity contribution in [3.05, 3.63) is 188 Å². The Kier molecular flexibility index (Phi) is 7.37. The minimum atomic E-state index is 0.636. The smallest absolute Gasteiger partial charge is 0.164 e. The Balaban J connectivity index is 0.986. The van der Waals surface area contributed by atoms with Crippen molar-refractivity contribution in [2.45, 2.75) is 0 Å². The van der Waals surface area contributed by atoms with E-state index < -0.39 is 0 Å². The Morgan fingerprint density at radius 2 is 0.914 bits per heavy atom. The lowest BCUT2D eigenvalue weighted by Crippen LogP contribution is -2.00. The third kappa shape index (κ3) is 5.47. The van der Waals surface area contributed by atoms with Gasteiger partial charge in [0.05, 0.1) is 0 Å². The molecule has 0 aliphatic rings. The fourth-order valence-electron chi connectivity index (χ4n) is 8.36. The molecule has 0 amide bonds. The molecule has 0 spiro atoms. The average Bonchev–Trinajstić information content (AvgIpc) is 3.85. The van der Waals surface area contributed by atoms with Crippen LogP contribution in [0.1, 0.15) is 0 Å². The topological polar surface area (TPSA) is 51.8 Å². The van der Waals surface area contributed by atoms with E-state index in [2.05, 4.69) is 182 Å². The van der Waals surface area contributed by atoms with Gasteiger partial charge in [0.1, 0.15) is 11.2 Å². The summed E-state index contributed by atoms with van der Waals surface area (Å²) in [5.74, 6) is 1.92. The Hall–Kier alpha value is -7.47. The standard InChI is InChI=1S/C53H31N3OS/c1-2-9-32(10-3-1)33-17-19-34(20-18-33)51-54-52(40-23-26-50-46(30-40)42-14-6-7-16-49(42)58-50)56-53(55-51)43-15-8-13-39-27-37(21-24-41(39)43)38-22-25-47-44(29-38)45-28-35-11-4-5-12-36(35)31-48(45)57-47/h1-31H. The molecule has 270 valence electrons. The Labute approximate surface area is 337 Å². The number of furan rings is 1. The van der Waals surface area contributed by atoms with E-state index in [1.54, 1.807) is 0 Å². The molecule has 0 radical (unpaired) electrons. The van der Waals surface area contributed by atoms with Gasteiger partial charge in [0, 0.05) is 47.6 Å². The highest BCUT2D eigenvalue weighted by molar-refractivity contribution is 7.25. The summed E-state index contributed by atoms with van der Waals surface area (Å²) < 4.78 is 8.83. The second-order valence-electron chi connectivity index (χ2n) is 14.8. The van der Waals surface area contributed by atoms with Crippen LogP contribution in [0.4, 0.5) is 0 Å². The van der Waals surface area contributed by atoms with E-state index in [-0.39, 0.29) is 0 Å². The number of fused-ring (bicyclic) bond motifs is 8. The first-order chi connectivity index (χ1) is 28.7. The Morgan fingerprint density at radius 3 is 1.79 bits per heavy atom. The van der Waals surface area contributed by atoms with Crippen LogP contribution in [0.3, 0.4) is 0 Å². The number of aromatic nitrogens is 3. The van der Waals surface area contributed by atoms with Crippen molar-refractivity contribution in [3.63, 3.8) is 0 Å². The molecule has 4 nitrogen and oxygen atoms in total. The molecular formula is C53H31N3OS. The zero-order chi connectivity index (χ0) is 38.2. The fourth-order valence-corrected chi connectivity index (χ4v) is 9.45. The molecule has 5 heteroatoms. The van der Waals surface area contributed by atoms with Gasteiger partial charge in [-0.25, -0.2) is 15.0 Å². The molecule has 3 aromatic heterocycles. The normalized spacial score (nSPS) is 11.8. The molecule has 12 aromatic rings. The summed E-state index contributed by atoms with van der Waals surface area (Å²) in [7, 11) is 0.